The molecule has 2 bridgehead atoms. The molecule has 0 radical (unpaired) electrons. The molecule has 0 spiro atoms. The number of amides is 1. The fraction of sp³-hybridized carbons (Fsp3) is 0.438. The predicted molar refractivity (Wildman–Crippen MR) is 87.3 cm³/mol. The molecule has 1 atom stereocenters. The van der Waals surface area contributed by atoms with Gasteiger partial charge in [-0.3, -0.25) is 4.79 Å². The van der Waals surface area contributed by atoms with E-state index in [-0.39, 0.29) is 5.91 Å². The van der Waals surface area contributed by atoms with Crippen LogP contribution in [0.25, 0.3) is 10.1 Å². The van der Waals surface area contributed by atoms with Crippen LogP contribution < -0.4 is 5.32 Å². The summed E-state index contributed by atoms with van der Waals surface area (Å²) in [5.41, 5.74) is 0. The number of nitrogens with one attached hydrogen (secondary N) is 1. The molecule has 1 aromatic carbocycles. The van der Waals surface area contributed by atoms with Gasteiger partial charge < -0.3 is 10.2 Å². The number of thiophene rings is 1. The number of nitrogens with zero attached hydrogens (tertiary/aromatic N) is 1. The summed E-state index contributed by atoms with van der Waals surface area (Å²) in [7, 11) is 0. The first kappa shape index (κ1) is 13.6. The van der Waals surface area contributed by atoms with Crippen LogP contribution in [0.5, 0.6) is 0 Å². The van der Waals surface area contributed by atoms with Gasteiger partial charge in [0.15, 0.2) is 0 Å². The van der Waals surface area contributed by atoms with Gasteiger partial charge in [0.05, 0.1) is 14.6 Å². The Morgan fingerprint density at radius 3 is 2.81 bits per heavy atom. The van der Waals surface area contributed by atoms with E-state index in [1.54, 1.807) is 0 Å². The third-order valence-corrected chi connectivity index (χ3v) is 6.30. The van der Waals surface area contributed by atoms with E-state index in [1.807, 2.05) is 24.3 Å². The molecule has 3 fully saturated rings. The predicted octanol–water partition coefficient (Wildman–Crippen LogP) is 3.38. The minimum Gasteiger partial charge on any atom is -0.347 e. The van der Waals surface area contributed by atoms with Gasteiger partial charge in [0.2, 0.25) is 0 Å². The van der Waals surface area contributed by atoms with Crippen molar-refractivity contribution < 1.29 is 4.79 Å². The van der Waals surface area contributed by atoms with Gasteiger partial charge in [-0.05, 0) is 49.4 Å². The first-order chi connectivity index (χ1) is 10.2. The van der Waals surface area contributed by atoms with Crippen LogP contribution in [-0.4, -0.2) is 36.5 Å². The molecule has 0 aliphatic carbocycles. The van der Waals surface area contributed by atoms with E-state index in [0.29, 0.717) is 12.0 Å². The van der Waals surface area contributed by atoms with Crippen molar-refractivity contribution in [1.29, 1.82) is 0 Å². The summed E-state index contributed by atoms with van der Waals surface area (Å²) in [6, 6.07) is 8.05. The highest BCUT2D eigenvalue weighted by atomic mass is 35.5. The zero-order chi connectivity index (χ0) is 14.4. The quantitative estimate of drug-likeness (QED) is 0.920. The third-order valence-electron chi connectivity index (χ3n) is 4.69. The standard InChI is InChI=1S/C16H17ClN2OS/c17-12-3-1-2-11-8-14(21-15(11)12)16(20)18-13-9-19-6-4-10(13)5-7-19/h1-3,8,10,13H,4-7,9H2,(H,18,20)/t13-/m1/s1. The van der Waals surface area contributed by atoms with Crippen LogP contribution in [-0.2, 0) is 0 Å². The number of fused-ring (bicyclic) bond motifs is 4. The van der Waals surface area contributed by atoms with Crippen LogP contribution in [0.3, 0.4) is 0 Å². The van der Waals surface area contributed by atoms with Crippen molar-refractivity contribution in [3.05, 3.63) is 34.2 Å². The van der Waals surface area contributed by atoms with E-state index in [1.165, 1.54) is 37.3 Å². The molecule has 1 amide bonds. The average Bonchev–Trinajstić information content (AvgIpc) is 2.94. The Kier molecular flexibility index (Phi) is 3.40. The molecular formula is C16H17ClN2OS. The second kappa shape index (κ2) is 5.27. The Labute approximate surface area is 132 Å². The summed E-state index contributed by atoms with van der Waals surface area (Å²) in [6.07, 6.45) is 2.42. The van der Waals surface area contributed by atoms with Gasteiger partial charge >= 0.3 is 0 Å². The summed E-state index contributed by atoms with van der Waals surface area (Å²) in [6.45, 7) is 3.38. The van der Waals surface area contributed by atoms with Crippen LogP contribution in [0.15, 0.2) is 24.3 Å². The fourth-order valence-corrected chi connectivity index (χ4v) is 4.77. The Morgan fingerprint density at radius 1 is 1.33 bits per heavy atom. The highest BCUT2D eigenvalue weighted by Crippen LogP contribution is 2.32. The summed E-state index contributed by atoms with van der Waals surface area (Å²) in [5, 5.41) is 5.00. The molecule has 0 saturated carbocycles. The monoisotopic (exact) mass is 320 g/mol. The molecule has 1 N–H and O–H groups in total. The first-order valence-electron chi connectivity index (χ1n) is 7.42. The van der Waals surface area contributed by atoms with Crippen molar-refractivity contribution in [1.82, 2.24) is 10.2 Å². The second-order valence-corrected chi connectivity index (χ2v) is 7.45. The lowest BCUT2D eigenvalue weighted by atomic mass is 9.84. The van der Waals surface area contributed by atoms with Crippen LogP contribution in [0.4, 0.5) is 0 Å². The van der Waals surface area contributed by atoms with E-state index in [9.17, 15) is 4.79 Å². The van der Waals surface area contributed by atoms with Crippen molar-refractivity contribution in [3.8, 4) is 0 Å². The third kappa shape index (κ3) is 2.45. The van der Waals surface area contributed by atoms with Gasteiger partial charge in [-0.15, -0.1) is 11.3 Å². The molecule has 1 aromatic heterocycles. The second-order valence-electron chi connectivity index (χ2n) is 5.99. The number of hydrogen-bond acceptors (Lipinski definition) is 3. The maximum absolute atomic E-state index is 12.5. The molecule has 3 aliphatic rings. The van der Waals surface area contributed by atoms with Crippen LogP contribution in [0.1, 0.15) is 22.5 Å². The average molecular weight is 321 g/mol. The number of hydrogen-bond donors (Lipinski definition) is 1. The smallest absolute Gasteiger partial charge is 0.261 e. The molecule has 5 heteroatoms. The Hall–Kier alpha value is -1.10. The summed E-state index contributed by atoms with van der Waals surface area (Å²) in [5.74, 6) is 0.697. The van der Waals surface area contributed by atoms with Crippen LogP contribution in [0.2, 0.25) is 5.02 Å². The first-order valence-corrected chi connectivity index (χ1v) is 8.61. The molecule has 110 valence electrons. The lowest BCUT2D eigenvalue weighted by molar-refractivity contribution is 0.0622. The van der Waals surface area contributed by atoms with Gasteiger partial charge in [-0.1, -0.05) is 23.7 Å². The minimum atomic E-state index is 0.0472. The van der Waals surface area contributed by atoms with E-state index >= 15 is 0 Å². The van der Waals surface area contributed by atoms with Gasteiger partial charge in [0, 0.05) is 12.6 Å². The highest BCUT2D eigenvalue weighted by molar-refractivity contribution is 7.21. The molecule has 5 rings (SSSR count). The molecule has 3 saturated heterocycles. The number of benzene rings is 1. The van der Waals surface area contributed by atoms with Gasteiger partial charge in [-0.2, -0.15) is 0 Å². The van der Waals surface area contributed by atoms with Crippen molar-refractivity contribution in [2.24, 2.45) is 5.92 Å². The van der Waals surface area contributed by atoms with Crippen LogP contribution in [0, 0.1) is 5.92 Å². The van der Waals surface area contributed by atoms with Gasteiger partial charge in [0.25, 0.3) is 5.91 Å². The number of halogens is 1. The molecule has 0 unspecified atom stereocenters. The number of rotatable bonds is 2. The molecule has 21 heavy (non-hydrogen) atoms. The van der Waals surface area contributed by atoms with E-state index < -0.39 is 0 Å². The van der Waals surface area contributed by atoms with Crippen molar-refractivity contribution in [2.75, 3.05) is 19.6 Å². The van der Waals surface area contributed by atoms with E-state index in [0.717, 1.165) is 26.5 Å². The van der Waals surface area contributed by atoms with E-state index in [4.69, 9.17) is 11.6 Å². The zero-order valence-corrected chi connectivity index (χ0v) is 13.2. The fourth-order valence-electron chi connectivity index (χ4n) is 3.51. The van der Waals surface area contributed by atoms with Gasteiger partial charge in [0.1, 0.15) is 0 Å². The summed E-state index contributed by atoms with van der Waals surface area (Å²) < 4.78 is 0.998. The maximum Gasteiger partial charge on any atom is 0.261 e. The number of piperidine rings is 3. The molecule has 2 aromatic rings. The zero-order valence-electron chi connectivity index (χ0n) is 11.6. The lowest BCUT2D eigenvalue weighted by Crippen LogP contribution is -2.57. The molecule has 3 nitrogen and oxygen atoms in total. The number of carbonyl (C=O) groups is 1. The topological polar surface area (TPSA) is 32.3 Å². The Morgan fingerprint density at radius 2 is 2.14 bits per heavy atom. The summed E-state index contributed by atoms with van der Waals surface area (Å²) >= 11 is 7.67. The van der Waals surface area contributed by atoms with Crippen molar-refractivity contribution >= 4 is 38.9 Å². The molecular weight excluding hydrogens is 304 g/mol. The van der Waals surface area contributed by atoms with E-state index in [2.05, 4.69) is 10.2 Å². The SMILES string of the molecule is O=C(N[C@@H]1CN2CCC1CC2)c1cc2cccc(Cl)c2s1. The Bertz CT molecular complexity index is 691. The normalized spacial score (nSPS) is 28.0. The number of carbonyl (C=O) groups excluding carboxylic acids is 1. The Balaban J connectivity index is 1.55. The van der Waals surface area contributed by atoms with Crippen molar-refractivity contribution in [3.63, 3.8) is 0 Å². The van der Waals surface area contributed by atoms with Crippen molar-refractivity contribution in [2.45, 2.75) is 18.9 Å². The lowest BCUT2D eigenvalue weighted by Gasteiger charge is -2.44. The minimum absolute atomic E-state index is 0.0472. The largest absolute Gasteiger partial charge is 0.347 e. The van der Waals surface area contributed by atoms with Crippen LogP contribution >= 0.6 is 22.9 Å². The highest BCUT2D eigenvalue weighted by Gasteiger charge is 2.35. The maximum atomic E-state index is 12.5. The van der Waals surface area contributed by atoms with Gasteiger partial charge in [-0.25, -0.2) is 0 Å². The molecule has 4 heterocycles. The molecule has 3 aliphatic heterocycles. The summed E-state index contributed by atoms with van der Waals surface area (Å²) in [4.78, 5) is 15.7.